The Labute approximate surface area is 85.8 Å². The first-order chi connectivity index (χ1) is 6.83. The van der Waals surface area contributed by atoms with E-state index >= 15 is 0 Å². The van der Waals surface area contributed by atoms with Crippen LogP contribution in [0.3, 0.4) is 0 Å². The predicted molar refractivity (Wildman–Crippen MR) is 57.6 cm³/mol. The third-order valence-corrected chi connectivity index (χ3v) is 2.07. The highest BCUT2D eigenvalue weighted by molar-refractivity contribution is 5.20. The molecule has 0 aliphatic heterocycles. The molecule has 2 nitrogen and oxygen atoms in total. The molecule has 0 aliphatic carbocycles. The number of hydrogen-bond acceptors (Lipinski definition) is 2. The molecule has 2 heteroatoms. The Morgan fingerprint density at radius 1 is 1.21 bits per heavy atom. The second-order valence-corrected chi connectivity index (χ2v) is 3.51. The van der Waals surface area contributed by atoms with E-state index in [2.05, 4.69) is 6.92 Å². The molecule has 0 radical (unpaired) electrons. The van der Waals surface area contributed by atoms with Crippen LogP contribution in [0, 0.1) is 5.92 Å². The first kappa shape index (κ1) is 11.1. The van der Waals surface area contributed by atoms with Crippen molar-refractivity contribution in [1.82, 2.24) is 0 Å². The lowest BCUT2D eigenvalue weighted by Gasteiger charge is -2.10. The molecule has 0 saturated heterocycles. The van der Waals surface area contributed by atoms with Gasteiger partial charge in [0.2, 0.25) is 0 Å². The van der Waals surface area contributed by atoms with E-state index in [9.17, 15) is 0 Å². The molecule has 1 atom stereocenters. The second-order valence-electron chi connectivity index (χ2n) is 3.51. The zero-order valence-corrected chi connectivity index (χ0v) is 8.90. The molecular weight excluding hydrogens is 176 g/mol. The van der Waals surface area contributed by atoms with Crippen LogP contribution in [0.4, 0.5) is 0 Å². The Hall–Kier alpha value is -1.02. The molecule has 0 fully saturated rings. The molecule has 1 rings (SSSR count). The van der Waals surface area contributed by atoms with Crippen molar-refractivity contribution in [2.45, 2.75) is 13.3 Å². The van der Waals surface area contributed by atoms with Crippen molar-refractivity contribution < 1.29 is 9.47 Å². The van der Waals surface area contributed by atoms with E-state index < -0.39 is 0 Å². The van der Waals surface area contributed by atoms with Gasteiger partial charge in [-0.2, -0.15) is 0 Å². The fourth-order valence-corrected chi connectivity index (χ4v) is 1.26. The van der Waals surface area contributed by atoms with Crippen molar-refractivity contribution in [3.63, 3.8) is 0 Å². The molecular formula is C12H18O2. The molecule has 0 spiro atoms. The van der Waals surface area contributed by atoms with Gasteiger partial charge in [0, 0.05) is 13.7 Å². The number of rotatable bonds is 6. The van der Waals surface area contributed by atoms with Crippen molar-refractivity contribution in [3.05, 3.63) is 30.3 Å². The van der Waals surface area contributed by atoms with Crippen LogP contribution in [0.5, 0.6) is 5.75 Å². The summed E-state index contributed by atoms with van der Waals surface area (Å²) >= 11 is 0. The third-order valence-electron chi connectivity index (χ3n) is 2.07. The Morgan fingerprint density at radius 2 is 1.93 bits per heavy atom. The number of benzene rings is 1. The largest absolute Gasteiger partial charge is 0.494 e. The lowest BCUT2D eigenvalue weighted by molar-refractivity contribution is 0.144. The van der Waals surface area contributed by atoms with Gasteiger partial charge in [0.25, 0.3) is 0 Å². The summed E-state index contributed by atoms with van der Waals surface area (Å²) in [5.41, 5.74) is 0. The van der Waals surface area contributed by atoms with Crippen LogP contribution in [0.15, 0.2) is 30.3 Å². The lowest BCUT2D eigenvalue weighted by atomic mass is 10.1. The fraction of sp³-hybridized carbons (Fsp3) is 0.500. The van der Waals surface area contributed by atoms with Gasteiger partial charge in [-0.25, -0.2) is 0 Å². The number of ether oxygens (including phenoxy) is 2. The topological polar surface area (TPSA) is 18.5 Å². The molecule has 0 saturated carbocycles. The number of hydrogen-bond donors (Lipinski definition) is 0. The maximum atomic E-state index is 5.57. The normalized spacial score (nSPS) is 12.4. The minimum Gasteiger partial charge on any atom is -0.494 e. The van der Waals surface area contributed by atoms with Crippen molar-refractivity contribution in [3.8, 4) is 5.75 Å². The summed E-state index contributed by atoms with van der Waals surface area (Å²) in [4.78, 5) is 0. The molecule has 0 bridgehead atoms. The molecule has 78 valence electrons. The minimum atomic E-state index is 0.559. The van der Waals surface area contributed by atoms with E-state index in [1.807, 2.05) is 30.3 Å². The Morgan fingerprint density at radius 3 is 2.57 bits per heavy atom. The van der Waals surface area contributed by atoms with Gasteiger partial charge < -0.3 is 9.47 Å². The van der Waals surface area contributed by atoms with Crippen molar-refractivity contribution in [1.29, 1.82) is 0 Å². The number of methoxy groups -OCH3 is 1. The summed E-state index contributed by atoms with van der Waals surface area (Å²) in [7, 11) is 1.73. The fourth-order valence-electron chi connectivity index (χ4n) is 1.26. The summed E-state index contributed by atoms with van der Waals surface area (Å²) in [5, 5.41) is 0. The van der Waals surface area contributed by atoms with Crippen molar-refractivity contribution >= 4 is 0 Å². The molecule has 0 aromatic heterocycles. The Kier molecular flexibility index (Phi) is 5.08. The molecule has 1 aromatic rings. The van der Waals surface area contributed by atoms with Crippen molar-refractivity contribution in [2.75, 3.05) is 20.3 Å². The van der Waals surface area contributed by atoms with Gasteiger partial charge in [-0.1, -0.05) is 25.1 Å². The molecule has 0 N–H and O–H groups in total. The zero-order valence-electron chi connectivity index (χ0n) is 8.90. The van der Waals surface area contributed by atoms with Crippen LogP contribution in [-0.4, -0.2) is 20.3 Å². The van der Waals surface area contributed by atoms with Crippen LogP contribution >= 0.6 is 0 Å². The van der Waals surface area contributed by atoms with Gasteiger partial charge in [0.05, 0.1) is 6.61 Å². The van der Waals surface area contributed by atoms with Gasteiger partial charge in [-0.15, -0.1) is 0 Å². The van der Waals surface area contributed by atoms with Gasteiger partial charge in [-0.3, -0.25) is 0 Å². The van der Waals surface area contributed by atoms with Gasteiger partial charge in [0.1, 0.15) is 5.75 Å². The molecule has 0 aliphatic rings. The quantitative estimate of drug-likeness (QED) is 0.693. The van der Waals surface area contributed by atoms with E-state index in [1.54, 1.807) is 7.11 Å². The van der Waals surface area contributed by atoms with E-state index in [1.165, 1.54) is 0 Å². The van der Waals surface area contributed by atoms with Gasteiger partial charge in [-0.05, 0) is 24.5 Å². The van der Waals surface area contributed by atoms with Crippen LogP contribution in [0.2, 0.25) is 0 Å². The summed E-state index contributed by atoms with van der Waals surface area (Å²) in [5.74, 6) is 1.50. The van der Waals surface area contributed by atoms with Crippen LogP contribution in [-0.2, 0) is 4.74 Å². The van der Waals surface area contributed by atoms with E-state index in [0.29, 0.717) is 5.92 Å². The minimum absolute atomic E-state index is 0.559. The zero-order chi connectivity index (χ0) is 10.2. The highest BCUT2D eigenvalue weighted by atomic mass is 16.5. The van der Waals surface area contributed by atoms with Crippen LogP contribution in [0.25, 0.3) is 0 Å². The van der Waals surface area contributed by atoms with Crippen molar-refractivity contribution in [2.24, 2.45) is 5.92 Å². The van der Waals surface area contributed by atoms with Crippen LogP contribution < -0.4 is 4.74 Å². The molecule has 14 heavy (non-hydrogen) atoms. The first-order valence-corrected chi connectivity index (χ1v) is 4.99. The average Bonchev–Trinajstić information content (AvgIpc) is 2.20. The lowest BCUT2D eigenvalue weighted by Crippen LogP contribution is -2.08. The monoisotopic (exact) mass is 194 g/mol. The third kappa shape index (κ3) is 4.28. The maximum absolute atomic E-state index is 5.57. The van der Waals surface area contributed by atoms with E-state index in [0.717, 1.165) is 25.4 Å². The SMILES string of the molecule is COC[C@@H](C)CCOc1ccccc1. The van der Waals surface area contributed by atoms with E-state index in [4.69, 9.17) is 9.47 Å². The molecule has 0 heterocycles. The molecule has 1 aromatic carbocycles. The molecule has 0 amide bonds. The highest BCUT2D eigenvalue weighted by Gasteiger charge is 2.01. The number of para-hydroxylation sites is 1. The summed E-state index contributed by atoms with van der Waals surface area (Å²) < 4.78 is 10.6. The first-order valence-electron chi connectivity index (χ1n) is 4.99. The Bertz CT molecular complexity index is 233. The summed E-state index contributed by atoms with van der Waals surface area (Å²) in [6, 6.07) is 9.89. The van der Waals surface area contributed by atoms with Gasteiger partial charge >= 0.3 is 0 Å². The van der Waals surface area contributed by atoms with Gasteiger partial charge in [0.15, 0.2) is 0 Å². The summed E-state index contributed by atoms with van der Waals surface area (Å²) in [6.07, 6.45) is 1.03. The predicted octanol–water partition coefficient (Wildman–Crippen LogP) is 2.74. The second kappa shape index (κ2) is 6.44. The smallest absolute Gasteiger partial charge is 0.119 e. The highest BCUT2D eigenvalue weighted by Crippen LogP contribution is 2.10. The molecule has 0 unspecified atom stereocenters. The standard InChI is InChI=1S/C12H18O2/c1-11(10-13-2)8-9-14-12-6-4-3-5-7-12/h3-7,11H,8-10H2,1-2H3/t11-/m0/s1. The average molecular weight is 194 g/mol. The van der Waals surface area contributed by atoms with E-state index in [-0.39, 0.29) is 0 Å². The maximum Gasteiger partial charge on any atom is 0.119 e. The summed E-state index contributed by atoms with van der Waals surface area (Å²) in [6.45, 7) is 3.73. The van der Waals surface area contributed by atoms with Crippen LogP contribution in [0.1, 0.15) is 13.3 Å². The Balaban J connectivity index is 2.16.